The van der Waals surface area contributed by atoms with Gasteiger partial charge < -0.3 is 15.8 Å². The van der Waals surface area contributed by atoms with E-state index in [0.717, 1.165) is 4.88 Å². The van der Waals surface area contributed by atoms with Gasteiger partial charge in [0.15, 0.2) is 6.61 Å². The van der Waals surface area contributed by atoms with Crippen LogP contribution in [0.2, 0.25) is 0 Å². The van der Waals surface area contributed by atoms with Crippen LogP contribution in [-0.4, -0.2) is 24.4 Å². The molecule has 0 saturated carbocycles. The summed E-state index contributed by atoms with van der Waals surface area (Å²) in [6.45, 7) is -0.398. The van der Waals surface area contributed by atoms with Crippen molar-refractivity contribution in [3.63, 3.8) is 0 Å². The number of thiophene rings is 1. The standard InChI is InChI=1S/C16H14N2O4S/c17-16(21)11-3-5-12(6-4-11)18-14(19)10-22-15(20)8-7-13-2-1-9-23-13/h1-9H,10H2,(H2,17,21)(H,18,19). The van der Waals surface area contributed by atoms with Crippen LogP contribution < -0.4 is 11.1 Å². The van der Waals surface area contributed by atoms with Gasteiger partial charge in [-0.3, -0.25) is 9.59 Å². The van der Waals surface area contributed by atoms with E-state index < -0.39 is 24.4 Å². The van der Waals surface area contributed by atoms with Crippen LogP contribution in [0.25, 0.3) is 6.08 Å². The number of esters is 1. The van der Waals surface area contributed by atoms with E-state index in [0.29, 0.717) is 11.3 Å². The molecule has 1 aromatic heterocycles. The number of carbonyl (C=O) groups is 3. The molecule has 0 saturated heterocycles. The second-order valence-corrected chi connectivity index (χ2v) is 5.43. The fraction of sp³-hybridized carbons (Fsp3) is 0.0625. The highest BCUT2D eigenvalue weighted by atomic mass is 32.1. The van der Waals surface area contributed by atoms with Gasteiger partial charge in [-0.05, 0) is 41.8 Å². The number of rotatable bonds is 6. The molecule has 0 aliphatic carbocycles. The number of anilines is 1. The lowest BCUT2D eigenvalue weighted by atomic mass is 10.2. The number of primary amides is 1. The minimum absolute atomic E-state index is 0.341. The molecular weight excluding hydrogens is 316 g/mol. The number of hydrogen-bond acceptors (Lipinski definition) is 5. The highest BCUT2D eigenvalue weighted by molar-refractivity contribution is 7.10. The quantitative estimate of drug-likeness (QED) is 0.625. The average molecular weight is 330 g/mol. The molecule has 0 unspecified atom stereocenters. The largest absolute Gasteiger partial charge is 0.452 e. The Bertz CT molecular complexity index is 721. The lowest BCUT2D eigenvalue weighted by molar-refractivity contribution is -0.142. The third-order valence-corrected chi connectivity index (χ3v) is 3.56. The van der Waals surface area contributed by atoms with Crippen LogP contribution >= 0.6 is 11.3 Å². The highest BCUT2D eigenvalue weighted by Gasteiger charge is 2.06. The number of hydrogen-bond donors (Lipinski definition) is 2. The van der Waals surface area contributed by atoms with Crippen LogP contribution in [0, 0.1) is 0 Å². The van der Waals surface area contributed by atoms with Crippen molar-refractivity contribution in [1.29, 1.82) is 0 Å². The summed E-state index contributed by atoms with van der Waals surface area (Å²) < 4.78 is 4.83. The molecule has 6 nitrogen and oxygen atoms in total. The molecule has 2 amide bonds. The summed E-state index contributed by atoms with van der Waals surface area (Å²) in [4.78, 5) is 35.0. The van der Waals surface area contributed by atoms with E-state index in [-0.39, 0.29) is 0 Å². The summed E-state index contributed by atoms with van der Waals surface area (Å²) in [6, 6.07) is 9.79. The molecule has 0 spiro atoms. The molecule has 0 fully saturated rings. The number of nitrogens with one attached hydrogen (secondary N) is 1. The highest BCUT2D eigenvalue weighted by Crippen LogP contribution is 2.10. The second kappa shape index (κ2) is 7.90. The van der Waals surface area contributed by atoms with E-state index in [1.54, 1.807) is 6.08 Å². The number of ether oxygens (including phenoxy) is 1. The molecule has 2 aromatic rings. The molecule has 0 radical (unpaired) electrons. The van der Waals surface area contributed by atoms with Crippen LogP contribution in [0.15, 0.2) is 47.9 Å². The first-order valence-corrected chi connectivity index (χ1v) is 7.50. The normalized spacial score (nSPS) is 10.4. The SMILES string of the molecule is NC(=O)c1ccc(NC(=O)COC(=O)C=Cc2cccs2)cc1. The first-order valence-electron chi connectivity index (χ1n) is 6.62. The fourth-order valence-corrected chi connectivity index (χ4v) is 2.25. The Labute approximate surface area is 136 Å². The van der Waals surface area contributed by atoms with Crippen LogP contribution in [0.3, 0.4) is 0 Å². The molecule has 7 heteroatoms. The van der Waals surface area contributed by atoms with Crippen LogP contribution in [0.1, 0.15) is 15.2 Å². The van der Waals surface area contributed by atoms with E-state index in [4.69, 9.17) is 10.5 Å². The van der Waals surface area contributed by atoms with Gasteiger partial charge in [-0.15, -0.1) is 11.3 Å². The van der Waals surface area contributed by atoms with Crippen LogP contribution in [0.5, 0.6) is 0 Å². The first kappa shape index (κ1) is 16.4. The van der Waals surface area contributed by atoms with Gasteiger partial charge in [0.05, 0.1) is 0 Å². The van der Waals surface area contributed by atoms with Crippen molar-refractivity contribution in [2.45, 2.75) is 0 Å². The number of amides is 2. The van der Waals surface area contributed by atoms with Gasteiger partial charge in [0.25, 0.3) is 5.91 Å². The van der Waals surface area contributed by atoms with Crippen molar-refractivity contribution < 1.29 is 19.1 Å². The molecule has 1 aromatic carbocycles. The van der Waals surface area contributed by atoms with Crippen molar-refractivity contribution in [2.75, 3.05) is 11.9 Å². The second-order valence-electron chi connectivity index (χ2n) is 4.45. The van der Waals surface area contributed by atoms with E-state index in [9.17, 15) is 14.4 Å². The molecule has 0 bridgehead atoms. The maximum Gasteiger partial charge on any atom is 0.331 e. The van der Waals surface area contributed by atoms with Gasteiger partial charge in [-0.2, -0.15) is 0 Å². The van der Waals surface area contributed by atoms with E-state index in [2.05, 4.69) is 5.32 Å². The Morgan fingerprint density at radius 2 is 1.91 bits per heavy atom. The summed E-state index contributed by atoms with van der Waals surface area (Å²) in [6.07, 6.45) is 2.88. The van der Waals surface area contributed by atoms with Crippen molar-refractivity contribution in [1.82, 2.24) is 0 Å². The molecule has 23 heavy (non-hydrogen) atoms. The van der Waals surface area contributed by atoms with Crippen LogP contribution in [-0.2, 0) is 14.3 Å². The minimum Gasteiger partial charge on any atom is -0.452 e. The zero-order valence-electron chi connectivity index (χ0n) is 12.0. The van der Waals surface area contributed by atoms with Gasteiger partial charge in [-0.1, -0.05) is 6.07 Å². The van der Waals surface area contributed by atoms with Gasteiger partial charge in [-0.25, -0.2) is 4.79 Å². The Morgan fingerprint density at radius 1 is 1.17 bits per heavy atom. The van der Waals surface area contributed by atoms with Gasteiger partial charge >= 0.3 is 5.97 Å². The van der Waals surface area contributed by atoms with Crippen molar-refractivity contribution >= 4 is 40.9 Å². The van der Waals surface area contributed by atoms with E-state index >= 15 is 0 Å². The van der Waals surface area contributed by atoms with Gasteiger partial charge in [0.2, 0.25) is 5.91 Å². The summed E-state index contributed by atoms with van der Waals surface area (Å²) in [5.41, 5.74) is 5.94. The molecule has 2 rings (SSSR count). The Kier molecular flexibility index (Phi) is 5.65. The number of nitrogens with two attached hydrogens (primary N) is 1. The summed E-state index contributed by atoms with van der Waals surface area (Å²) in [5.74, 6) is -1.62. The Balaban J connectivity index is 1.78. The Morgan fingerprint density at radius 3 is 2.52 bits per heavy atom. The molecule has 0 aliphatic heterocycles. The molecule has 1 heterocycles. The third-order valence-electron chi connectivity index (χ3n) is 2.73. The zero-order chi connectivity index (χ0) is 16.7. The smallest absolute Gasteiger partial charge is 0.331 e. The monoisotopic (exact) mass is 330 g/mol. The lowest BCUT2D eigenvalue weighted by Gasteiger charge is -2.05. The minimum atomic E-state index is -0.599. The Hall–Kier alpha value is -2.93. The number of benzene rings is 1. The van der Waals surface area contributed by atoms with Crippen molar-refractivity contribution in [3.05, 3.63) is 58.3 Å². The summed E-state index contributed by atoms with van der Waals surface area (Å²) >= 11 is 1.49. The first-order chi connectivity index (χ1) is 11.0. The van der Waals surface area contributed by atoms with E-state index in [1.165, 1.54) is 41.7 Å². The zero-order valence-corrected chi connectivity index (χ0v) is 12.8. The van der Waals surface area contributed by atoms with Crippen LogP contribution in [0.4, 0.5) is 5.69 Å². The van der Waals surface area contributed by atoms with Gasteiger partial charge in [0.1, 0.15) is 0 Å². The van der Waals surface area contributed by atoms with E-state index in [1.807, 2.05) is 17.5 Å². The number of carbonyl (C=O) groups excluding carboxylic acids is 3. The fourth-order valence-electron chi connectivity index (χ4n) is 1.64. The summed E-state index contributed by atoms with van der Waals surface area (Å²) in [5, 5.41) is 4.43. The molecule has 0 atom stereocenters. The lowest BCUT2D eigenvalue weighted by Crippen LogP contribution is -2.20. The predicted molar refractivity (Wildman–Crippen MR) is 87.9 cm³/mol. The molecular formula is C16H14N2O4S. The van der Waals surface area contributed by atoms with Crippen molar-refractivity contribution in [2.24, 2.45) is 5.73 Å². The molecule has 0 aliphatic rings. The average Bonchev–Trinajstić information content (AvgIpc) is 3.05. The predicted octanol–water partition coefficient (Wildman–Crippen LogP) is 2.04. The van der Waals surface area contributed by atoms with Gasteiger partial charge in [0, 0.05) is 22.2 Å². The third kappa shape index (κ3) is 5.40. The summed E-state index contributed by atoms with van der Waals surface area (Å²) in [7, 11) is 0. The maximum atomic E-state index is 11.7. The molecule has 3 N–H and O–H groups in total. The maximum absolute atomic E-state index is 11.7. The topological polar surface area (TPSA) is 98.5 Å². The van der Waals surface area contributed by atoms with Crippen molar-refractivity contribution in [3.8, 4) is 0 Å². The molecule has 118 valence electrons.